The Kier molecular flexibility index (Phi) is 9.28. The summed E-state index contributed by atoms with van der Waals surface area (Å²) in [7, 11) is 0. The van der Waals surface area contributed by atoms with Gasteiger partial charge >= 0.3 is 0 Å². The quantitative estimate of drug-likeness (QED) is 0.505. The van der Waals surface area contributed by atoms with Gasteiger partial charge in [0.05, 0.1) is 6.61 Å². The van der Waals surface area contributed by atoms with Gasteiger partial charge in [-0.25, -0.2) is 4.39 Å². The minimum absolute atomic E-state index is 0.113. The van der Waals surface area contributed by atoms with E-state index in [2.05, 4.69) is 5.32 Å². The van der Waals surface area contributed by atoms with Gasteiger partial charge in [-0.2, -0.15) is 0 Å². The molecule has 5 nitrogen and oxygen atoms in total. The first-order chi connectivity index (χ1) is 15.9. The molecule has 0 saturated heterocycles. The molecule has 0 bridgehead atoms. The van der Waals surface area contributed by atoms with E-state index in [0.717, 1.165) is 42.6 Å². The molecule has 1 atom stereocenters. The van der Waals surface area contributed by atoms with Crippen molar-refractivity contribution in [1.29, 1.82) is 0 Å². The van der Waals surface area contributed by atoms with E-state index in [1.165, 1.54) is 18.6 Å². The van der Waals surface area contributed by atoms with Gasteiger partial charge in [-0.1, -0.05) is 49.1 Å². The fourth-order valence-corrected chi connectivity index (χ4v) is 4.13. The molecule has 1 aliphatic rings. The molecule has 0 aromatic heterocycles. The first kappa shape index (κ1) is 24.7. The summed E-state index contributed by atoms with van der Waals surface area (Å²) in [5.74, 6) is 0.204. The summed E-state index contributed by atoms with van der Waals surface area (Å²) in [4.78, 5) is 27.7. The topological polar surface area (TPSA) is 58.6 Å². The second-order valence-corrected chi connectivity index (χ2v) is 8.93. The van der Waals surface area contributed by atoms with Gasteiger partial charge in [0.2, 0.25) is 11.8 Å². The Labute approximate surface area is 196 Å². The van der Waals surface area contributed by atoms with Gasteiger partial charge in [0, 0.05) is 19.0 Å². The highest BCUT2D eigenvalue weighted by Crippen LogP contribution is 2.19. The van der Waals surface area contributed by atoms with Gasteiger partial charge < -0.3 is 15.0 Å². The highest BCUT2D eigenvalue weighted by molar-refractivity contribution is 5.87. The fourth-order valence-electron chi connectivity index (χ4n) is 4.13. The van der Waals surface area contributed by atoms with Gasteiger partial charge in [0.1, 0.15) is 17.6 Å². The lowest BCUT2D eigenvalue weighted by Gasteiger charge is -2.31. The third kappa shape index (κ3) is 7.88. The summed E-state index contributed by atoms with van der Waals surface area (Å²) in [5.41, 5.74) is 1.95. The molecule has 1 fully saturated rings. The van der Waals surface area contributed by atoms with Crippen molar-refractivity contribution in [3.63, 3.8) is 0 Å². The Morgan fingerprint density at radius 2 is 1.73 bits per heavy atom. The second-order valence-electron chi connectivity index (χ2n) is 8.93. The number of nitrogens with one attached hydrogen (secondary N) is 1. The van der Waals surface area contributed by atoms with Crippen LogP contribution >= 0.6 is 0 Å². The number of rotatable bonds is 10. The summed E-state index contributed by atoms with van der Waals surface area (Å²) in [6.45, 7) is 4.46. The molecule has 1 saturated carbocycles. The summed E-state index contributed by atoms with van der Waals surface area (Å²) in [6.07, 6.45) is 6.25. The zero-order valence-electron chi connectivity index (χ0n) is 19.7. The average molecular weight is 455 g/mol. The number of aryl methyl sites for hydroxylation is 1. The van der Waals surface area contributed by atoms with Crippen molar-refractivity contribution in [2.75, 3.05) is 6.61 Å². The molecule has 0 radical (unpaired) electrons. The van der Waals surface area contributed by atoms with Crippen LogP contribution < -0.4 is 10.1 Å². The van der Waals surface area contributed by atoms with Crippen LogP contribution in [0.1, 0.15) is 63.0 Å². The van der Waals surface area contributed by atoms with Crippen molar-refractivity contribution in [2.45, 2.75) is 77.4 Å². The maximum absolute atomic E-state index is 13.3. The van der Waals surface area contributed by atoms with Gasteiger partial charge in [-0.3, -0.25) is 9.59 Å². The molecule has 0 heterocycles. The minimum Gasteiger partial charge on any atom is -0.494 e. The van der Waals surface area contributed by atoms with Crippen molar-refractivity contribution in [3.05, 3.63) is 65.5 Å². The predicted octanol–water partition coefficient (Wildman–Crippen LogP) is 5.16. The maximum Gasteiger partial charge on any atom is 0.242 e. The van der Waals surface area contributed by atoms with Crippen molar-refractivity contribution < 1.29 is 18.7 Å². The van der Waals surface area contributed by atoms with Crippen LogP contribution in [0.3, 0.4) is 0 Å². The first-order valence-electron chi connectivity index (χ1n) is 12.0. The third-order valence-corrected chi connectivity index (χ3v) is 6.21. The molecule has 2 aromatic rings. The minimum atomic E-state index is -0.609. The number of amides is 2. The standard InChI is InChI=1S/C27H35FN2O3/c1-20-10-16-25(17-11-20)33-18-6-9-26(31)30(19-22-12-14-23(28)15-13-22)21(2)27(32)29-24-7-4-3-5-8-24/h10-17,21,24H,3-9,18-19H2,1-2H3,(H,29,32)/t21-/m1/s1. The molecule has 1 aliphatic carbocycles. The third-order valence-electron chi connectivity index (χ3n) is 6.21. The van der Waals surface area contributed by atoms with Crippen molar-refractivity contribution >= 4 is 11.8 Å². The number of carbonyl (C=O) groups is 2. The molecule has 33 heavy (non-hydrogen) atoms. The summed E-state index contributed by atoms with van der Waals surface area (Å²) in [6, 6.07) is 13.4. The smallest absolute Gasteiger partial charge is 0.242 e. The van der Waals surface area contributed by atoms with Gasteiger partial charge in [-0.05, 0) is 62.9 Å². The van der Waals surface area contributed by atoms with Crippen molar-refractivity contribution in [3.8, 4) is 5.75 Å². The van der Waals surface area contributed by atoms with Crippen LogP contribution in [0, 0.1) is 12.7 Å². The zero-order chi connectivity index (χ0) is 23.6. The number of nitrogens with zero attached hydrogens (tertiary/aromatic N) is 1. The highest BCUT2D eigenvalue weighted by Gasteiger charge is 2.27. The number of halogens is 1. The SMILES string of the molecule is Cc1ccc(OCCCC(=O)N(Cc2ccc(F)cc2)[C@H](C)C(=O)NC2CCCCC2)cc1. The number of hydrogen-bond acceptors (Lipinski definition) is 3. The van der Waals surface area contributed by atoms with Gasteiger partial charge in [-0.15, -0.1) is 0 Å². The largest absolute Gasteiger partial charge is 0.494 e. The van der Waals surface area contributed by atoms with Crippen LogP contribution in [0.4, 0.5) is 4.39 Å². The maximum atomic E-state index is 13.3. The van der Waals surface area contributed by atoms with E-state index < -0.39 is 6.04 Å². The lowest BCUT2D eigenvalue weighted by molar-refractivity contribution is -0.141. The molecular weight excluding hydrogens is 419 g/mol. The van der Waals surface area contributed by atoms with E-state index in [4.69, 9.17) is 4.74 Å². The van der Waals surface area contributed by atoms with E-state index in [9.17, 15) is 14.0 Å². The van der Waals surface area contributed by atoms with Crippen LogP contribution in [0.2, 0.25) is 0 Å². The Balaban J connectivity index is 1.59. The Hall–Kier alpha value is -2.89. The van der Waals surface area contributed by atoms with Crippen molar-refractivity contribution in [2.24, 2.45) is 0 Å². The van der Waals surface area contributed by atoms with Crippen LogP contribution in [0.15, 0.2) is 48.5 Å². The van der Waals surface area contributed by atoms with Crippen LogP contribution in [0.5, 0.6) is 5.75 Å². The molecule has 1 N–H and O–H groups in total. The normalized spacial score (nSPS) is 15.0. The number of hydrogen-bond donors (Lipinski definition) is 1. The first-order valence-corrected chi connectivity index (χ1v) is 12.0. The average Bonchev–Trinajstić information content (AvgIpc) is 2.82. The van der Waals surface area contributed by atoms with Crippen molar-refractivity contribution in [1.82, 2.24) is 10.2 Å². The lowest BCUT2D eigenvalue weighted by atomic mass is 9.95. The van der Waals surface area contributed by atoms with Crippen LogP contribution in [-0.4, -0.2) is 35.4 Å². The molecular formula is C27H35FN2O3. The van der Waals surface area contributed by atoms with E-state index in [1.54, 1.807) is 24.0 Å². The van der Waals surface area contributed by atoms with Gasteiger partial charge in [0.25, 0.3) is 0 Å². The van der Waals surface area contributed by atoms with E-state index >= 15 is 0 Å². The molecule has 6 heteroatoms. The van der Waals surface area contributed by atoms with E-state index in [0.29, 0.717) is 13.0 Å². The Bertz CT molecular complexity index is 893. The molecule has 2 aromatic carbocycles. The molecule has 0 unspecified atom stereocenters. The number of benzene rings is 2. The Morgan fingerprint density at radius 3 is 2.39 bits per heavy atom. The zero-order valence-corrected chi connectivity index (χ0v) is 19.7. The predicted molar refractivity (Wildman–Crippen MR) is 127 cm³/mol. The highest BCUT2D eigenvalue weighted by atomic mass is 19.1. The van der Waals surface area contributed by atoms with E-state index in [-0.39, 0.29) is 36.6 Å². The Morgan fingerprint density at radius 1 is 1.06 bits per heavy atom. The van der Waals surface area contributed by atoms with Gasteiger partial charge in [0.15, 0.2) is 0 Å². The summed E-state index contributed by atoms with van der Waals surface area (Å²) in [5, 5.41) is 3.12. The second kappa shape index (κ2) is 12.4. The van der Waals surface area contributed by atoms with E-state index in [1.807, 2.05) is 31.2 Å². The lowest BCUT2D eigenvalue weighted by Crippen LogP contribution is -2.50. The monoisotopic (exact) mass is 454 g/mol. The summed E-state index contributed by atoms with van der Waals surface area (Å²) >= 11 is 0. The molecule has 3 rings (SSSR count). The fraction of sp³-hybridized carbons (Fsp3) is 0.481. The number of ether oxygens (including phenoxy) is 1. The summed E-state index contributed by atoms with van der Waals surface area (Å²) < 4.78 is 19.1. The molecule has 0 aliphatic heterocycles. The van der Waals surface area contributed by atoms with Crippen LogP contribution in [-0.2, 0) is 16.1 Å². The van der Waals surface area contributed by atoms with Crippen LogP contribution in [0.25, 0.3) is 0 Å². The molecule has 0 spiro atoms. The number of carbonyl (C=O) groups excluding carboxylic acids is 2. The molecule has 2 amide bonds. The molecule has 178 valence electrons.